The van der Waals surface area contributed by atoms with E-state index in [4.69, 9.17) is 16.7 Å². The van der Waals surface area contributed by atoms with E-state index in [0.29, 0.717) is 15.1 Å². The van der Waals surface area contributed by atoms with Gasteiger partial charge in [0, 0.05) is 10.6 Å². The van der Waals surface area contributed by atoms with Crippen LogP contribution < -0.4 is 0 Å². The number of carbonyl (C=O) groups is 1. The van der Waals surface area contributed by atoms with Gasteiger partial charge in [-0.2, -0.15) is 22.7 Å². The van der Waals surface area contributed by atoms with Crippen molar-refractivity contribution in [2.75, 3.05) is 0 Å². The number of aromatic nitrogens is 4. The van der Waals surface area contributed by atoms with Gasteiger partial charge in [-0.1, -0.05) is 23.7 Å². The number of alkyl halides is 3. The molecule has 0 atom stereocenters. The van der Waals surface area contributed by atoms with E-state index < -0.39 is 29.4 Å². The van der Waals surface area contributed by atoms with E-state index in [1.165, 1.54) is 24.3 Å². The molecule has 10 heteroatoms. The summed E-state index contributed by atoms with van der Waals surface area (Å²) in [6.45, 7) is 0. The standard InChI is InChI=1S/C13H6ClF3N4O2/c14-7-3-1-6(2-4-7)8-5-9(13(15,16)17)21-12(18-8)19-10(20-21)11(22)23/h1-5H,(H,22,23). The fourth-order valence-corrected chi connectivity index (χ4v) is 2.06. The molecule has 3 rings (SSSR count). The number of halogens is 4. The van der Waals surface area contributed by atoms with Crippen molar-refractivity contribution in [3.63, 3.8) is 0 Å². The number of nitrogens with zero attached hydrogens (tertiary/aromatic N) is 4. The summed E-state index contributed by atoms with van der Waals surface area (Å²) in [5, 5.41) is 12.6. The number of fused-ring (bicyclic) bond motifs is 1. The molecule has 0 unspecified atom stereocenters. The number of aromatic carboxylic acids is 1. The predicted octanol–water partition coefficient (Wildman–Crippen LogP) is 3.16. The van der Waals surface area contributed by atoms with Crippen molar-refractivity contribution < 1.29 is 23.1 Å². The lowest BCUT2D eigenvalue weighted by Gasteiger charge is -2.10. The number of carboxylic acids is 1. The quantitative estimate of drug-likeness (QED) is 0.773. The third-order valence-corrected chi connectivity index (χ3v) is 3.19. The molecule has 0 radical (unpaired) electrons. The summed E-state index contributed by atoms with van der Waals surface area (Å²) in [6.07, 6.45) is -4.76. The number of carboxylic acid groups (broad SMARTS) is 1. The predicted molar refractivity (Wildman–Crippen MR) is 73.2 cm³/mol. The van der Waals surface area contributed by atoms with Crippen molar-refractivity contribution in [2.24, 2.45) is 0 Å². The van der Waals surface area contributed by atoms with Crippen LogP contribution in [0.3, 0.4) is 0 Å². The molecule has 0 spiro atoms. The minimum absolute atomic E-state index is 0.0224. The van der Waals surface area contributed by atoms with Crippen LogP contribution in [0.5, 0.6) is 0 Å². The first-order chi connectivity index (χ1) is 10.8. The Morgan fingerprint density at radius 2 is 1.83 bits per heavy atom. The Balaban J connectivity index is 2.28. The second-order valence-electron chi connectivity index (χ2n) is 4.48. The molecule has 2 aromatic heterocycles. The molecule has 3 aromatic rings. The number of benzene rings is 1. The second-order valence-corrected chi connectivity index (χ2v) is 4.92. The van der Waals surface area contributed by atoms with Crippen LogP contribution in [0.2, 0.25) is 5.02 Å². The maximum atomic E-state index is 13.2. The van der Waals surface area contributed by atoms with Crippen LogP contribution >= 0.6 is 11.6 Å². The van der Waals surface area contributed by atoms with Gasteiger partial charge in [0.15, 0.2) is 5.69 Å². The van der Waals surface area contributed by atoms with Gasteiger partial charge in [0.25, 0.3) is 11.6 Å². The van der Waals surface area contributed by atoms with Crippen molar-refractivity contribution in [1.29, 1.82) is 0 Å². The van der Waals surface area contributed by atoms with Gasteiger partial charge in [-0.15, -0.1) is 5.10 Å². The van der Waals surface area contributed by atoms with Gasteiger partial charge in [-0.3, -0.25) is 0 Å². The highest BCUT2D eigenvalue weighted by atomic mass is 35.5. The zero-order valence-electron chi connectivity index (χ0n) is 11.0. The van der Waals surface area contributed by atoms with Crippen LogP contribution in [0.1, 0.15) is 16.3 Å². The molecule has 0 saturated carbocycles. The summed E-state index contributed by atoms with van der Waals surface area (Å²) in [4.78, 5) is 18.3. The summed E-state index contributed by atoms with van der Waals surface area (Å²) in [6, 6.07) is 6.77. The Labute approximate surface area is 131 Å². The Morgan fingerprint density at radius 3 is 2.39 bits per heavy atom. The van der Waals surface area contributed by atoms with Crippen LogP contribution in [0.25, 0.3) is 17.0 Å². The van der Waals surface area contributed by atoms with Gasteiger partial charge < -0.3 is 5.11 Å². The summed E-state index contributed by atoms with van der Waals surface area (Å²) >= 11 is 5.74. The van der Waals surface area contributed by atoms with Crippen molar-refractivity contribution >= 4 is 23.3 Å². The fourth-order valence-electron chi connectivity index (χ4n) is 1.93. The Hall–Kier alpha value is -2.68. The van der Waals surface area contributed by atoms with Crippen LogP contribution in [-0.4, -0.2) is 30.7 Å². The normalized spacial score (nSPS) is 11.8. The topological polar surface area (TPSA) is 80.4 Å². The molecule has 0 saturated heterocycles. The average molecular weight is 343 g/mol. The minimum Gasteiger partial charge on any atom is -0.475 e. The third-order valence-electron chi connectivity index (χ3n) is 2.93. The van der Waals surface area contributed by atoms with Gasteiger partial charge in [0.05, 0.1) is 5.69 Å². The van der Waals surface area contributed by atoms with Crippen LogP contribution in [0.15, 0.2) is 30.3 Å². The molecule has 118 valence electrons. The first kappa shape index (κ1) is 15.2. The van der Waals surface area contributed by atoms with Crippen molar-refractivity contribution in [2.45, 2.75) is 6.18 Å². The smallest absolute Gasteiger partial charge is 0.433 e. The van der Waals surface area contributed by atoms with Crippen LogP contribution in [0.4, 0.5) is 13.2 Å². The molecule has 0 aliphatic rings. The number of hydrogen-bond acceptors (Lipinski definition) is 4. The molecular weight excluding hydrogens is 337 g/mol. The summed E-state index contributed by atoms with van der Waals surface area (Å²) in [5.41, 5.74) is -0.819. The first-order valence-electron chi connectivity index (χ1n) is 6.10. The van der Waals surface area contributed by atoms with Gasteiger partial charge in [-0.25, -0.2) is 9.78 Å². The van der Waals surface area contributed by atoms with Crippen LogP contribution in [0, 0.1) is 0 Å². The largest absolute Gasteiger partial charge is 0.475 e. The summed E-state index contributed by atoms with van der Waals surface area (Å²) in [5.74, 6) is -2.77. The Bertz CT molecular complexity index is 906. The molecular formula is C13H6ClF3N4O2. The summed E-state index contributed by atoms with van der Waals surface area (Å²) < 4.78 is 40.0. The molecule has 2 heterocycles. The Kier molecular flexibility index (Phi) is 3.44. The molecule has 0 amide bonds. The second kappa shape index (κ2) is 5.20. The van der Waals surface area contributed by atoms with E-state index in [2.05, 4.69) is 15.1 Å². The summed E-state index contributed by atoms with van der Waals surface area (Å²) in [7, 11) is 0. The monoisotopic (exact) mass is 342 g/mol. The highest BCUT2D eigenvalue weighted by Crippen LogP contribution is 2.32. The molecule has 0 aliphatic carbocycles. The van der Waals surface area contributed by atoms with Gasteiger partial charge in [0.2, 0.25) is 0 Å². The van der Waals surface area contributed by atoms with Crippen molar-refractivity contribution in [1.82, 2.24) is 19.6 Å². The van der Waals surface area contributed by atoms with E-state index in [1.54, 1.807) is 0 Å². The van der Waals surface area contributed by atoms with Crippen molar-refractivity contribution in [3.8, 4) is 11.3 Å². The lowest BCUT2D eigenvalue weighted by Crippen LogP contribution is -2.14. The van der Waals surface area contributed by atoms with Crippen molar-refractivity contribution in [3.05, 3.63) is 46.9 Å². The average Bonchev–Trinajstić information content (AvgIpc) is 2.90. The molecule has 0 bridgehead atoms. The maximum absolute atomic E-state index is 13.2. The Morgan fingerprint density at radius 1 is 1.17 bits per heavy atom. The molecule has 0 fully saturated rings. The molecule has 1 N–H and O–H groups in total. The third kappa shape index (κ3) is 2.82. The van der Waals surface area contributed by atoms with Gasteiger partial charge in [-0.05, 0) is 18.2 Å². The first-order valence-corrected chi connectivity index (χ1v) is 6.48. The van der Waals surface area contributed by atoms with E-state index in [9.17, 15) is 18.0 Å². The van der Waals surface area contributed by atoms with E-state index >= 15 is 0 Å². The molecule has 6 nitrogen and oxygen atoms in total. The fraction of sp³-hybridized carbons (Fsp3) is 0.0769. The highest BCUT2D eigenvalue weighted by Gasteiger charge is 2.36. The van der Waals surface area contributed by atoms with E-state index in [1.807, 2.05) is 0 Å². The number of rotatable bonds is 2. The van der Waals surface area contributed by atoms with Gasteiger partial charge >= 0.3 is 12.1 Å². The molecule has 23 heavy (non-hydrogen) atoms. The minimum atomic E-state index is -4.76. The van der Waals surface area contributed by atoms with E-state index in [-0.39, 0.29) is 5.69 Å². The SMILES string of the molecule is O=C(O)c1nc2nc(-c3ccc(Cl)cc3)cc(C(F)(F)F)n2n1. The zero-order valence-corrected chi connectivity index (χ0v) is 11.8. The van der Waals surface area contributed by atoms with Gasteiger partial charge in [0.1, 0.15) is 0 Å². The molecule has 1 aromatic carbocycles. The van der Waals surface area contributed by atoms with E-state index in [0.717, 1.165) is 6.07 Å². The molecule has 0 aliphatic heterocycles. The maximum Gasteiger partial charge on any atom is 0.433 e. The highest BCUT2D eigenvalue weighted by molar-refractivity contribution is 6.30. The number of hydrogen-bond donors (Lipinski definition) is 1. The zero-order chi connectivity index (χ0) is 16.8. The lowest BCUT2D eigenvalue weighted by atomic mass is 10.1. The lowest BCUT2D eigenvalue weighted by molar-refractivity contribution is -0.142. The van der Waals surface area contributed by atoms with Crippen LogP contribution in [-0.2, 0) is 6.18 Å².